The molecule has 1 saturated heterocycles. The summed E-state index contributed by atoms with van der Waals surface area (Å²) in [6.07, 6.45) is 0.636. The van der Waals surface area contributed by atoms with Crippen LogP contribution >= 0.6 is 0 Å². The zero-order valence-corrected chi connectivity index (χ0v) is 14.0. The lowest BCUT2D eigenvalue weighted by molar-refractivity contribution is -0.119. The van der Waals surface area contributed by atoms with Crippen LogP contribution in [0.2, 0.25) is 0 Å². The number of hydrogen-bond acceptors (Lipinski definition) is 4. The molecule has 7 heteroatoms. The van der Waals surface area contributed by atoms with Gasteiger partial charge in [0.1, 0.15) is 0 Å². The Hall–Kier alpha value is -1.60. The first kappa shape index (κ1) is 16.8. The SMILES string of the molecule is CNCC(C)C(=O)Nc1ccc(C)c(N2CCCS2(=O)=O)c1. The fourth-order valence-corrected chi connectivity index (χ4v) is 4.15. The third kappa shape index (κ3) is 3.59. The Morgan fingerprint density at radius 1 is 1.41 bits per heavy atom. The number of anilines is 2. The van der Waals surface area contributed by atoms with E-state index < -0.39 is 10.0 Å². The monoisotopic (exact) mass is 325 g/mol. The van der Waals surface area contributed by atoms with E-state index in [1.165, 1.54) is 4.31 Å². The van der Waals surface area contributed by atoms with Crippen molar-refractivity contribution >= 4 is 27.3 Å². The van der Waals surface area contributed by atoms with E-state index >= 15 is 0 Å². The van der Waals surface area contributed by atoms with Crippen LogP contribution in [0.25, 0.3) is 0 Å². The van der Waals surface area contributed by atoms with Gasteiger partial charge in [0.05, 0.1) is 11.4 Å². The second-order valence-corrected chi connectivity index (χ2v) is 7.70. The standard InChI is InChI=1S/C15H23N3O3S/c1-11-5-6-13(17-15(19)12(2)10-16-3)9-14(11)18-7-4-8-22(18,20)21/h5-6,9,12,16H,4,7-8,10H2,1-3H3,(H,17,19). The van der Waals surface area contributed by atoms with Crippen molar-refractivity contribution in [2.75, 3.05) is 35.5 Å². The molecule has 1 amide bonds. The predicted octanol–water partition coefficient (Wildman–Crippen LogP) is 1.33. The number of nitrogens with one attached hydrogen (secondary N) is 2. The Bertz CT molecular complexity index is 658. The Balaban J connectivity index is 2.22. The largest absolute Gasteiger partial charge is 0.326 e. The zero-order valence-electron chi connectivity index (χ0n) is 13.2. The van der Waals surface area contributed by atoms with Gasteiger partial charge in [0, 0.05) is 24.7 Å². The molecule has 0 saturated carbocycles. The smallest absolute Gasteiger partial charge is 0.235 e. The van der Waals surface area contributed by atoms with E-state index in [1.54, 1.807) is 19.2 Å². The third-order valence-electron chi connectivity index (χ3n) is 3.80. The van der Waals surface area contributed by atoms with Crippen LogP contribution in [0.4, 0.5) is 11.4 Å². The van der Waals surface area contributed by atoms with Gasteiger partial charge in [-0.25, -0.2) is 8.42 Å². The maximum Gasteiger partial charge on any atom is 0.235 e. The van der Waals surface area contributed by atoms with Gasteiger partial charge in [-0.15, -0.1) is 0 Å². The number of aryl methyl sites for hydroxylation is 1. The van der Waals surface area contributed by atoms with Crippen LogP contribution < -0.4 is 14.9 Å². The number of rotatable bonds is 5. The predicted molar refractivity (Wildman–Crippen MR) is 88.6 cm³/mol. The minimum Gasteiger partial charge on any atom is -0.326 e. The van der Waals surface area contributed by atoms with Crippen molar-refractivity contribution in [3.05, 3.63) is 23.8 Å². The van der Waals surface area contributed by atoms with Gasteiger partial charge in [-0.05, 0) is 38.1 Å². The maximum atomic E-state index is 12.1. The number of carbonyl (C=O) groups excluding carboxylic acids is 1. The summed E-state index contributed by atoms with van der Waals surface area (Å²) in [6, 6.07) is 5.37. The van der Waals surface area contributed by atoms with E-state index in [9.17, 15) is 13.2 Å². The summed E-state index contributed by atoms with van der Waals surface area (Å²) in [7, 11) is -1.42. The molecule has 0 aliphatic carbocycles. The van der Waals surface area contributed by atoms with Crippen molar-refractivity contribution in [2.45, 2.75) is 20.3 Å². The Kier molecular flexibility index (Phi) is 5.08. The fraction of sp³-hybridized carbons (Fsp3) is 0.533. The van der Waals surface area contributed by atoms with Crippen LogP contribution in [0.3, 0.4) is 0 Å². The molecule has 1 aromatic rings. The molecule has 1 fully saturated rings. The van der Waals surface area contributed by atoms with Crippen LogP contribution in [0.5, 0.6) is 0 Å². The average molecular weight is 325 g/mol. The van der Waals surface area contributed by atoms with Gasteiger partial charge in [-0.3, -0.25) is 9.10 Å². The number of nitrogens with zero attached hydrogens (tertiary/aromatic N) is 1. The van der Waals surface area contributed by atoms with Gasteiger partial charge in [0.25, 0.3) is 0 Å². The minimum absolute atomic E-state index is 0.0894. The Morgan fingerprint density at radius 3 is 2.73 bits per heavy atom. The molecule has 0 radical (unpaired) electrons. The van der Waals surface area contributed by atoms with Crippen molar-refractivity contribution in [1.29, 1.82) is 0 Å². The zero-order chi connectivity index (χ0) is 16.3. The van der Waals surface area contributed by atoms with Gasteiger partial charge in [0.15, 0.2) is 0 Å². The van der Waals surface area contributed by atoms with Crippen LogP contribution in [-0.4, -0.2) is 40.2 Å². The molecule has 1 unspecified atom stereocenters. The van der Waals surface area contributed by atoms with E-state index in [2.05, 4.69) is 10.6 Å². The quantitative estimate of drug-likeness (QED) is 0.856. The highest BCUT2D eigenvalue weighted by Crippen LogP contribution is 2.30. The van der Waals surface area contributed by atoms with Gasteiger partial charge in [-0.2, -0.15) is 0 Å². The summed E-state index contributed by atoms with van der Waals surface area (Å²) in [5.74, 6) is -0.0684. The highest BCUT2D eigenvalue weighted by Gasteiger charge is 2.29. The average Bonchev–Trinajstić information content (AvgIpc) is 2.80. The van der Waals surface area contributed by atoms with Crippen molar-refractivity contribution < 1.29 is 13.2 Å². The molecular weight excluding hydrogens is 302 g/mol. The van der Waals surface area contributed by atoms with Gasteiger partial charge in [0.2, 0.25) is 15.9 Å². The summed E-state index contributed by atoms with van der Waals surface area (Å²) in [5, 5.41) is 5.81. The fourth-order valence-electron chi connectivity index (χ4n) is 2.53. The topological polar surface area (TPSA) is 78.5 Å². The molecule has 1 atom stereocenters. The van der Waals surface area contributed by atoms with Crippen LogP contribution in [0.15, 0.2) is 18.2 Å². The molecule has 22 heavy (non-hydrogen) atoms. The van der Waals surface area contributed by atoms with Crippen molar-refractivity contribution in [3.8, 4) is 0 Å². The first-order valence-electron chi connectivity index (χ1n) is 7.41. The molecule has 122 valence electrons. The summed E-state index contributed by atoms with van der Waals surface area (Å²) >= 11 is 0. The van der Waals surface area contributed by atoms with E-state index in [0.29, 0.717) is 30.9 Å². The molecule has 1 aliphatic heterocycles. The van der Waals surface area contributed by atoms with Gasteiger partial charge < -0.3 is 10.6 Å². The van der Waals surface area contributed by atoms with Crippen molar-refractivity contribution in [3.63, 3.8) is 0 Å². The van der Waals surface area contributed by atoms with Crippen LogP contribution in [-0.2, 0) is 14.8 Å². The lowest BCUT2D eigenvalue weighted by Crippen LogP contribution is -2.29. The highest BCUT2D eigenvalue weighted by atomic mass is 32.2. The highest BCUT2D eigenvalue weighted by molar-refractivity contribution is 7.93. The van der Waals surface area contributed by atoms with E-state index in [-0.39, 0.29) is 17.6 Å². The molecular formula is C15H23N3O3S. The van der Waals surface area contributed by atoms with E-state index in [0.717, 1.165) is 5.56 Å². The molecule has 1 aromatic carbocycles. The summed E-state index contributed by atoms with van der Waals surface area (Å²) in [5.41, 5.74) is 2.15. The van der Waals surface area contributed by atoms with Gasteiger partial charge >= 0.3 is 0 Å². The normalized spacial score (nSPS) is 18.2. The minimum atomic E-state index is -3.22. The molecule has 1 heterocycles. The number of benzene rings is 1. The van der Waals surface area contributed by atoms with Crippen molar-refractivity contribution in [2.24, 2.45) is 5.92 Å². The molecule has 1 aliphatic rings. The van der Waals surface area contributed by atoms with Crippen molar-refractivity contribution in [1.82, 2.24) is 5.32 Å². The van der Waals surface area contributed by atoms with Crippen LogP contribution in [0.1, 0.15) is 18.9 Å². The van der Waals surface area contributed by atoms with Gasteiger partial charge in [-0.1, -0.05) is 13.0 Å². The first-order valence-corrected chi connectivity index (χ1v) is 9.02. The summed E-state index contributed by atoms with van der Waals surface area (Å²) in [6.45, 7) is 4.80. The summed E-state index contributed by atoms with van der Waals surface area (Å²) in [4.78, 5) is 12.1. The third-order valence-corrected chi connectivity index (χ3v) is 5.66. The molecule has 0 aromatic heterocycles. The summed E-state index contributed by atoms with van der Waals surface area (Å²) < 4.78 is 25.6. The Labute approximate surface area is 131 Å². The van der Waals surface area contributed by atoms with Crippen LogP contribution in [0, 0.1) is 12.8 Å². The number of hydrogen-bond donors (Lipinski definition) is 2. The van der Waals surface area contributed by atoms with E-state index in [1.807, 2.05) is 19.9 Å². The maximum absolute atomic E-state index is 12.1. The lowest BCUT2D eigenvalue weighted by Gasteiger charge is -2.20. The molecule has 0 spiro atoms. The Morgan fingerprint density at radius 2 is 2.14 bits per heavy atom. The molecule has 2 rings (SSSR count). The lowest BCUT2D eigenvalue weighted by atomic mass is 10.1. The molecule has 0 bridgehead atoms. The number of amides is 1. The molecule has 2 N–H and O–H groups in total. The molecule has 6 nitrogen and oxygen atoms in total. The second-order valence-electron chi connectivity index (χ2n) is 5.69. The second kappa shape index (κ2) is 6.66. The first-order chi connectivity index (χ1) is 10.3. The number of carbonyl (C=O) groups is 1. The number of sulfonamides is 1. The van der Waals surface area contributed by atoms with E-state index in [4.69, 9.17) is 0 Å².